The Balaban J connectivity index is 2.81. The molecule has 0 saturated carbocycles. The van der Waals surface area contributed by atoms with E-state index >= 15 is 0 Å². The molecule has 88 valence electrons. The second kappa shape index (κ2) is 3.96. The Labute approximate surface area is 92.7 Å². The Morgan fingerprint density at radius 2 is 1.80 bits per heavy atom. The zero-order valence-electron chi connectivity index (χ0n) is 9.03. The summed E-state index contributed by atoms with van der Waals surface area (Å²) >= 11 is 5.94. The van der Waals surface area contributed by atoms with E-state index in [-0.39, 0.29) is 18.4 Å². The van der Waals surface area contributed by atoms with E-state index in [0.717, 1.165) is 0 Å². The molecule has 0 aromatic rings. The van der Waals surface area contributed by atoms with Crippen molar-refractivity contribution < 1.29 is 13.2 Å². The van der Waals surface area contributed by atoms with E-state index in [4.69, 9.17) is 11.6 Å². The second-order valence-corrected chi connectivity index (χ2v) is 5.44. The van der Waals surface area contributed by atoms with Gasteiger partial charge in [0, 0.05) is 11.1 Å². The molecule has 2 atom stereocenters. The number of halogens is 4. The van der Waals surface area contributed by atoms with Gasteiger partial charge in [-0.25, -0.2) is 0 Å². The average molecular weight is 242 g/mol. The van der Waals surface area contributed by atoms with Crippen molar-refractivity contribution in [2.75, 3.05) is 6.54 Å². The molecule has 0 aromatic heterocycles. The highest BCUT2D eigenvalue weighted by molar-refractivity contribution is 6.33. The summed E-state index contributed by atoms with van der Waals surface area (Å²) in [7, 11) is 0. The molecule has 0 amide bonds. The van der Waals surface area contributed by atoms with Crippen molar-refractivity contribution in [3.8, 4) is 0 Å². The number of alkyl halides is 4. The molecule has 0 aliphatic carbocycles. The Bertz CT molecular complexity index is 265. The quantitative estimate of drug-likeness (QED) is 0.574. The molecule has 5 heteroatoms. The fourth-order valence-corrected chi connectivity index (χ4v) is 2.30. The summed E-state index contributed by atoms with van der Waals surface area (Å²) in [6.07, 6.45) is -4.23. The topological polar surface area (TPSA) is 12.4 Å². The maximum Gasteiger partial charge on any atom is 0.393 e. The Kier molecular flexibility index (Phi) is 3.39. The lowest BCUT2D eigenvalue weighted by Crippen LogP contribution is -2.40. The molecule has 1 nitrogen and oxygen atoms in total. The molecular weight excluding hydrogens is 227 g/mol. The van der Waals surface area contributed by atoms with Crippen LogP contribution in [0.3, 0.4) is 0 Å². The van der Waals surface area contributed by atoms with Crippen molar-refractivity contribution in [3.63, 3.8) is 0 Å². The fraction of sp³-hybridized carbons (Fsp3) is 0.900. The van der Waals surface area contributed by atoms with Gasteiger partial charge < -0.3 is 0 Å². The van der Waals surface area contributed by atoms with Gasteiger partial charge in [-0.3, -0.25) is 4.99 Å². The van der Waals surface area contributed by atoms with Crippen LogP contribution in [0.1, 0.15) is 27.2 Å². The van der Waals surface area contributed by atoms with Gasteiger partial charge in [-0.1, -0.05) is 20.8 Å². The van der Waals surface area contributed by atoms with Crippen molar-refractivity contribution >= 4 is 17.3 Å². The van der Waals surface area contributed by atoms with Crippen molar-refractivity contribution in [1.29, 1.82) is 0 Å². The highest BCUT2D eigenvalue weighted by Gasteiger charge is 2.44. The van der Waals surface area contributed by atoms with Crippen LogP contribution in [-0.4, -0.2) is 23.8 Å². The van der Waals surface area contributed by atoms with Gasteiger partial charge in [0.1, 0.15) is 0 Å². The van der Waals surface area contributed by atoms with Gasteiger partial charge in [0.05, 0.1) is 17.8 Å². The summed E-state index contributed by atoms with van der Waals surface area (Å²) < 4.78 is 37.2. The van der Waals surface area contributed by atoms with Gasteiger partial charge >= 0.3 is 6.18 Å². The summed E-state index contributed by atoms with van der Waals surface area (Å²) in [5, 5.41) is -0.592. The van der Waals surface area contributed by atoms with Gasteiger partial charge in [-0.05, 0) is 6.42 Å². The third-order valence-electron chi connectivity index (χ3n) is 2.50. The van der Waals surface area contributed by atoms with Crippen LogP contribution in [0.2, 0.25) is 0 Å². The van der Waals surface area contributed by atoms with Crippen molar-refractivity contribution in [1.82, 2.24) is 0 Å². The third-order valence-corrected chi connectivity index (χ3v) is 2.89. The third kappa shape index (κ3) is 3.10. The number of aliphatic imine (C=N–C) groups is 1. The predicted molar refractivity (Wildman–Crippen MR) is 55.6 cm³/mol. The standard InChI is InChI=1S/C10H15ClF3N/c1-9(2,3)8-7(11)4-6(5-15-8)10(12,13)14/h6-7H,4-5H2,1-3H3. The zero-order valence-corrected chi connectivity index (χ0v) is 9.78. The van der Waals surface area contributed by atoms with Crippen LogP contribution in [0.25, 0.3) is 0 Å². The Morgan fingerprint density at radius 1 is 1.27 bits per heavy atom. The van der Waals surface area contributed by atoms with E-state index in [9.17, 15) is 13.2 Å². The average Bonchev–Trinajstić information content (AvgIpc) is 1.99. The van der Waals surface area contributed by atoms with Crippen LogP contribution in [0.4, 0.5) is 13.2 Å². The van der Waals surface area contributed by atoms with Crippen LogP contribution < -0.4 is 0 Å². The fourth-order valence-electron chi connectivity index (χ4n) is 1.69. The maximum atomic E-state index is 12.4. The first kappa shape index (κ1) is 12.8. The summed E-state index contributed by atoms with van der Waals surface area (Å²) in [5.41, 5.74) is 0.438. The largest absolute Gasteiger partial charge is 0.393 e. The minimum Gasteiger partial charge on any atom is -0.291 e. The molecule has 2 unspecified atom stereocenters. The number of rotatable bonds is 0. The first-order valence-electron chi connectivity index (χ1n) is 4.88. The van der Waals surface area contributed by atoms with Crippen LogP contribution in [0.15, 0.2) is 4.99 Å². The van der Waals surface area contributed by atoms with Gasteiger partial charge in [0.15, 0.2) is 0 Å². The molecule has 0 fully saturated rings. The van der Waals surface area contributed by atoms with Crippen molar-refractivity contribution in [2.45, 2.75) is 38.7 Å². The lowest BCUT2D eigenvalue weighted by atomic mass is 9.83. The summed E-state index contributed by atoms with van der Waals surface area (Å²) in [6, 6.07) is 0. The molecule has 1 aliphatic rings. The maximum absolute atomic E-state index is 12.4. The van der Waals surface area contributed by atoms with Gasteiger partial charge in [0.2, 0.25) is 0 Å². The first-order valence-corrected chi connectivity index (χ1v) is 5.31. The molecule has 0 spiro atoms. The zero-order chi connectivity index (χ0) is 11.9. The van der Waals surface area contributed by atoms with Crippen molar-refractivity contribution in [2.24, 2.45) is 16.3 Å². The molecular formula is C10H15ClF3N. The molecule has 0 bridgehead atoms. The number of hydrogen-bond acceptors (Lipinski definition) is 1. The normalized spacial score (nSPS) is 28.9. The monoisotopic (exact) mass is 241 g/mol. The smallest absolute Gasteiger partial charge is 0.291 e. The van der Waals surface area contributed by atoms with E-state index in [1.807, 2.05) is 20.8 Å². The lowest BCUT2D eigenvalue weighted by molar-refractivity contribution is -0.173. The summed E-state index contributed by atoms with van der Waals surface area (Å²) in [6.45, 7) is 5.55. The molecule has 0 N–H and O–H groups in total. The predicted octanol–water partition coefficient (Wildman–Crippen LogP) is 3.66. The van der Waals surface area contributed by atoms with E-state index in [1.165, 1.54) is 0 Å². The number of hydrogen-bond donors (Lipinski definition) is 0. The minimum atomic E-state index is -4.18. The van der Waals surface area contributed by atoms with E-state index in [1.54, 1.807) is 0 Å². The van der Waals surface area contributed by atoms with Crippen LogP contribution >= 0.6 is 11.6 Å². The SMILES string of the molecule is CC(C)(C)C1=NCC(C(F)(F)F)CC1Cl. The molecule has 0 saturated heterocycles. The molecule has 0 aromatic carbocycles. The van der Waals surface area contributed by atoms with Crippen molar-refractivity contribution in [3.05, 3.63) is 0 Å². The first-order chi connectivity index (χ1) is 6.62. The van der Waals surface area contributed by atoms with Crippen LogP contribution in [0.5, 0.6) is 0 Å². The summed E-state index contributed by atoms with van der Waals surface area (Å²) in [5.74, 6) is -1.38. The second-order valence-electron chi connectivity index (χ2n) is 4.92. The molecule has 15 heavy (non-hydrogen) atoms. The Hall–Kier alpha value is -0.250. The van der Waals surface area contributed by atoms with E-state index in [2.05, 4.69) is 4.99 Å². The molecule has 1 heterocycles. The van der Waals surface area contributed by atoms with Crippen LogP contribution in [0, 0.1) is 11.3 Å². The highest BCUT2D eigenvalue weighted by atomic mass is 35.5. The van der Waals surface area contributed by atoms with E-state index < -0.39 is 17.5 Å². The van der Waals surface area contributed by atoms with Gasteiger partial charge in [0.25, 0.3) is 0 Å². The molecule has 1 rings (SSSR count). The summed E-state index contributed by atoms with van der Waals surface area (Å²) in [4.78, 5) is 3.99. The minimum absolute atomic E-state index is 0.0544. The molecule has 0 radical (unpaired) electrons. The lowest BCUT2D eigenvalue weighted by Gasteiger charge is -2.32. The number of nitrogens with zero attached hydrogens (tertiary/aromatic N) is 1. The Morgan fingerprint density at radius 3 is 2.13 bits per heavy atom. The van der Waals surface area contributed by atoms with Gasteiger partial charge in [-0.15, -0.1) is 11.6 Å². The molecule has 1 aliphatic heterocycles. The van der Waals surface area contributed by atoms with E-state index in [0.29, 0.717) is 5.71 Å². The van der Waals surface area contributed by atoms with Gasteiger partial charge in [-0.2, -0.15) is 13.2 Å². The van der Waals surface area contributed by atoms with Crippen LogP contribution in [-0.2, 0) is 0 Å². The highest BCUT2D eigenvalue weighted by Crippen LogP contribution is 2.37.